The van der Waals surface area contributed by atoms with E-state index in [0.717, 1.165) is 23.6 Å². The molecule has 2 N–H and O–H groups in total. The monoisotopic (exact) mass is 270 g/mol. The lowest BCUT2D eigenvalue weighted by atomic mass is 10.1. The summed E-state index contributed by atoms with van der Waals surface area (Å²) in [5.41, 5.74) is 10.8. The molecule has 106 valence electrons. The van der Waals surface area contributed by atoms with Crippen LogP contribution >= 0.6 is 0 Å². The van der Waals surface area contributed by atoms with Gasteiger partial charge in [-0.1, -0.05) is 32.0 Å². The Morgan fingerprint density at radius 3 is 2.65 bits per heavy atom. The number of fused-ring (bicyclic) bond motifs is 1. The number of hydrogen-bond donors (Lipinski definition) is 1. The van der Waals surface area contributed by atoms with Crippen molar-refractivity contribution in [2.75, 3.05) is 10.6 Å². The highest BCUT2D eigenvalue weighted by atomic mass is 15.4. The number of benzene rings is 1. The molecule has 20 heavy (non-hydrogen) atoms. The van der Waals surface area contributed by atoms with Gasteiger partial charge in [0.05, 0.1) is 11.4 Å². The molecule has 1 unspecified atom stereocenters. The van der Waals surface area contributed by atoms with Crippen molar-refractivity contribution in [2.45, 2.75) is 39.2 Å². The first-order valence-electron chi connectivity index (χ1n) is 7.20. The van der Waals surface area contributed by atoms with Gasteiger partial charge in [-0.2, -0.15) is 5.10 Å². The van der Waals surface area contributed by atoms with E-state index in [1.54, 1.807) is 0 Å². The van der Waals surface area contributed by atoms with Crippen molar-refractivity contribution in [1.29, 1.82) is 0 Å². The standard InChI is InChI=1S/C16H22N4/c1-10(2)15-14(17)16(19(4)18-15)20-11(3)9-12-7-5-6-8-13(12)20/h5-8,10-11H,9,17H2,1-4H3. The molecular weight excluding hydrogens is 248 g/mol. The molecule has 0 radical (unpaired) electrons. The van der Waals surface area contributed by atoms with E-state index < -0.39 is 0 Å². The van der Waals surface area contributed by atoms with E-state index in [-0.39, 0.29) is 0 Å². The van der Waals surface area contributed by atoms with Crippen LogP contribution in [0.4, 0.5) is 17.2 Å². The van der Waals surface area contributed by atoms with Gasteiger partial charge in [0.15, 0.2) is 5.82 Å². The highest BCUT2D eigenvalue weighted by Gasteiger charge is 2.31. The fourth-order valence-electron chi connectivity index (χ4n) is 3.15. The van der Waals surface area contributed by atoms with Gasteiger partial charge in [-0.25, -0.2) is 0 Å². The largest absolute Gasteiger partial charge is 0.394 e. The topological polar surface area (TPSA) is 47.1 Å². The molecule has 3 rings (SSSR count). The first-order chi connectivity index (χ1) is 9.50. The molecule has 2 heterocycles. The Morgan fingerprint density at radius 2 is 2.00 bits per heavy atom. The van der Waals surface area contributed by atoms with Crippen LogP contribution in [0.5, 0.6) is 0 Å². The minimum absolute atomic E-state index is 0.336. The number of rotatable bonds is 2. The second kappa shape index (κ2) is 4.54. The van der Waals surface area contributed by atoms with Crippen LogP contribution in [-0.2, 0) is 13.5 Å². The molecular formula is C16H22N4. The van der Waals surface area contributed by atoms with Gasteiger partial charge < -0.3 is 10.6 Å². The Bertz CT molecular complexity index is 642. The lowest BCUT2D eigenvalue weighted by molar-refractivity contribution is 0.680. The molecule has 0 fully saturated rings. The zero-order valence-corrected chi connectivity index (χ0v) is 12.6. The lowest BCUT2D eigenvalue weighted by Gasteiger charge is -2.25. The van der Waals surface area contributed by atoms with Gasteiger partial charge in [-0.15, -0.1) is 0 Å². The van der Waals surface area contributed by atoms with E-state index in [1.165, 1.54) is 11.3 Å². The molecule has 0 saturated heterocycles. The Morgan fingerprint density at radius 1 is 1.30 bits per heavy atom. The average Bonchev–Trinajstić information content (AvgIpc) is 2.86. The molecule has 1 aliphatic rings. The zero-order valence-electron chi connectivity index (χ0n) is 12.6. The fraction of sp³-hybridized carbons (Fsp3) is 0.438. The summed E-state index contributed by atoms with van der Waals surface area (Å²) in [6.07, 6.45) is 1.05. The molecule has 0 amide bonds. The summed E-state index contributed by atoms with van der Waals surface area (Å²) in [5, 5.41) is 4.61. The minimum atomic E-state index is 0.336. The molecule has 1 atom stereocenters. The van der Waals surface area contributed by atoms with Crippen LogP contribution in [0.2, 0.25) is 0 Å². The quantitative estimate of drug-likeness (QED) is 0.911. The van der Waals surface area contributed by atoms with Crippen LogP contribution in [-0.4, -0.2) is 15.8 Å². The van der Waals surface area contributed by atoms with E-state index in [2.05, 4.69) is 55.0 Å². The number of anilines is 3. The summed E-state index contributed by atoms with van der Waals surface area (Å²) in [6, 6.07) is 8.95. The molecule has 1 aromatic heterocycles. The molecule has 2 aromatic rings. The summed E-state index contributed by atoms with van der Waals surface area (Å²) in [4.78, 5) is 2.32. The predicted molar refractivity (Wildman–Crippen MR) is 83.5 cm³/mol. The van der Waals surface area contributed by atoms with Crippen molar-refractivity contribution in [1.82, 2.24) is 9.78 Å². The van der Waals surface area contributed by atoms with Crippen LogP contribution in [0.15, 0.2) is 24.3 Å². The Kier molecular flexibility index (Phi) is 2.96. The maximum Gasteiger partial charge on any atom is 0.155 e. The van der Waals surface area contributed by atoms with Gasteiger partial charge in [0.1, 0.15) is 0 Å². The summed E-state index contributed by atoms with van der Waals surface area (Å²) in [7, 11) is 1.98. The van der Waals surface area contributed by atoms with E-state index in [9.17, 15) is 0 Å². The molecule has 0 spiro atoms. The van der Waals surface area contributed by atoms with E-state index in [4.69, 9.17) is 5.73 Å². The van der Waals surface area contributed by atoms with Crippen molar-refractivity contribution >= 4 is 17.2 Å². The van der Waals surface area contributed by atoms with E-state index >= 15 is 0 Å². The maximum atomic E-state index is 6.38. The number of hydrogen-bond acceptors (Lipinski definition) is 3. The van der Waals surface area contributed by atoms with Gasteiger partial charge in [0.25, 0.3) is 0 Å². The number of aromatic nitrogens is 2. The normalized spacial score (nSPS) is 17.9. The molecule has 0 aliphatic carbocycles. The number of nitrogens with two attached hydrogens (primary N) is 1. The summed E-state index contributed by atoms with van der Waals surface area (Å²) in [6.45, 7) is 6.50. The van der Waals surface area contributed by atoms with Crippen molar-refractivity contribution in [3.05, 3.63) is 35.5 Å². The summed E-state index contributed by atoms with van der Waals surface area (Å²) >= 11 is 0. The molecule has 4 nitrogen and oxygen atoms in total. The van der Waals surface area contributed by atoms with Gasteiger partial charge in [0.2, 0.25) is 0 Å². The number of nitrogens with zero attached hydrogens (tertiary/aromatic N) is 3. The zero-order chi connectivity index (χ0) is 14.4. The number of para-hydroxylation sites is 1. The van der Waals surface area contributed by atoms with E-state index in [1.807, 2.05) is 11.7 Å². The number of aryl methyl sites for hydroxylation is 1. The minimum Gasteiger partial charge on any atom is -0.394 e. The average molecular weight is 270 g/mol. The van der Waals surface area contributed by atoms with Gasteiger partial charge >= 0.3 is 0 Å². The molecule has 1 aliphatic heterocycles. The van der Waals surface area contributed by atoms with Crippen molar-refractivity contribution in [3.63, 3.8) is 0 Å². The highest BCUT2D eigenvalue weighted by molar-refractivity contribution is 5.78. The smallest absolute Gasteiger partial charge is 0.155 e. The van der Waals surface area contributed by atoms with Crippen LogP contribution in [0.3, 0.4) is 0 Å². The molecule has 0 saturated carbocycles. The molecule has 1 aromatic carbocycles. The van der Waals surface area contributed by atoms with Crippen molar-refractivity contribution in [2.24, 2.45) is 7.05 Å². The van der Waals surface area contributed by atoms with Crippen LogP contribution < -0.4 is 10.6 Å². The predicted octanol–water partition coefficient (Wildman–Crippen LogP) is 3.21. The Labute approximate surface area is 120 Å². The lowest BCUT2D eigenvalue weighted by Crippen LogP contribution is -2.26. The Hall–Kier alpha value is -1.97. The molecule has 0 bridgehead atoms. The van der Waals surface area contributed by atoms with Crippen molar-refractivity contribution in [3.8, 4) is 0 Å². The second-order valence-electron chi connectivity index (χ2n) is 5.95. The Balaban J connectivity index is 2.15. The number of nitrogen functional groups attached to an aromatic ring is 1. The van der Waals surface area contributed by atoms with Gasteiger partial charge in [0, 0.05) is 18.8 Å². The van der Waals surface area contributed by atoms with Crippen molar-refractivity contribution < 1.29 is 0 Å². The summed E-state index contributed by atoms with van der Waals surface area (Å²) in [5.74, 6) is 1.36. The SMILES string of the molecule is CC(C)c1nn(C)c(N2c3ccccc3CC2C)c1N. The van der Waals surface area contributed by atoms with Crippen LogP contribution in [0.25, 0.3) is 0 Å². The van der Waals surface area contributed by atoms with Crippen LogP contribution in [0.1, 0.15) is 37.9 Å². The fourth-order valence-corrected chi connectivity index (χ4v) is 3.15. The molecule has 4 heteroatoms. The third kappa shape index (κ3) is 1.79. The maximum absolute atomic E-state index is 6.38. The van der Waals surface area contributed by atoms with E-state index in [0.29, 0.717) is 12.0 Å². The third-order valence-electron chi connectivity index (χ3n) is 4.06. The first kappa shape index (κ1) is 13.0. The third-order valence-corrected chi connectivity index (χ3v) is 4.06. The van der Waals surface area contributed by atoms with Crippen LogP contribution in [0, 0.1) is 0 Å². The van der Waals surface area contributed by atoms with Gasteiger partial charge in [-0.3, -0.25) is 4.68 Å². The highest BCUT2D eigenvalue weighted by Crippen LogP contribution is 2.42. The summed E-state index contributed by atoms with van der Waals surface area (Å²) < 4.78 is 1.92. The van der Waals surface area contributed by atoms with Gasteiger partial charge in [-0.05, 0) is 30.9 Å². The second-order valence-corrected chi connectivity index (χ2v) is 5.95. The first-order valence-corrected chi connectivity index (χ1v) is 7.20.